The van der Waals surface area contributed by atoms with Crippen LogP contribution in [0.5, 0.6) is 0 Å². The Kier molecular flexibility index (Phi) is 7.37. The lowest BCUT2D eigenvalue weighted by atomic mass is 9.88. The van der Waals surface area contributed by atoms with Crippen LogP contribution in [-0.4, -0.2) is 58.4 Å². The van der Waals surface area contributed by atoms with Gasteiger partial charge in [-0.15, -0.1) is 5.47 Å². The normalized spacial score (nSPS) is 19.5. The first kappa shape index (κ1) is 22.0. The van der Waals surface area contributed by atoms with Gasteiger partial charge in [-0.1, -0.05) is 6.08 Å². The average Bonchev–Trinajstić information content (AvgIpc) is 2.23. The highest BCUT2D eigenvalue weighted by Crippen LogP contribution is 2.19. The van der Waals surface area contributed by atoms with Crippen LogP contribution in [0.1, 0.15) is 61.8 Å². The van der Waals surface area contributed by atoms with Crippen LogP contribution >= 0.6 is 0 Å². The number of carbonyl (C=O) groups is 1. The molecule has 1 heterocycles. The van der Waals surface area contributed by atoms with Crippen molar-refractivity contribution in [2.45, 2.75) is 84.7 Å². The van der Waals surface area contributed by atoms with Crippen LogP contribution in [0.2, 0.25) is 0 Å². The van der Waals surface area contributed by atoms with Crippen molar-refractivity contribution in [3.63, 3.8) is 0 Å². The van der Waals surface area contributed by atoms with E-state index in [4.69, 9.17) is 22.8 Å². The van der Waals surface area contributed by atoms with Crippen molar-refractivity contribution in [3.05, 3.63) is 11.5 Å². The summed E-state index contributed by atoms with van der Waals surface area (Å²) in [4.78, 5) is 13.5. The number of hydrogen-bond donors (Lipinski definition) is 2. The number of nitrogens with zero attached hydrogens (tertiary/aromatic N) is 1. The second-order valence-electron chi connectivity index (χ2n) is 8.02. The van der Waals surface area contributed by atoms with Crippen molar-refractivity contribution in [1.29, 1.82) is 0 Å². The molecule has 1 aliphatic rings. The summed E-state index contributed by atoms with van der Waals surface area (Å²) in [5.74, 6) is 0. The number of carbonyl (C=O) groups excluding carboxylic acids is 1. The Morgan fingerprint density at radius 2 is 1.61 bits per heavy atom. The topological polar surface area (TPSA) is 70.0 Å². The maximum atomic E-state index is 11.8. The van der Waals surface area contributed by atoms with Gasteiger partial charge in [0.2, 0.25) is 0 Å². The molecule has 1 unspecified atom stereocenters. The lowest BCUT2D eigenvalue weighted by Gasteiger charge is -2.33. The summed E-state index contributed by atoms with van der Waals surface area (Å²) in [6.45, 7) is 14.5. The van der Waals surface area contributed by atoms with E-state index in [1.54, 1.807) is 32.6 Å². The van der Waals surface area contributed by atoms with Gasteiger partial charge in [-0.3, -0.25) is 0 Å². The number of ether oxygens (including phenoxy) is 1. The quantitative estimate of drug-likeness (QED) is 0.727. The second kappa shape index (κ2) is 7.71. The molecule has 5 nitrogen and oxygen atoms in total. The largest absolute Gasteiger partial charge is 0.444 e. The van der Waals surface area contributed by atoms with Crippen LogP contribution in [0.25, 0.3) is 0 Å². The molecule has 23 heavy (non-hydrogen) atoms. The summed E-state index contributed by atoms with van der Waals surface area (Å²) < 4.78 is 5.30. The molecule has 2 radical (unpaired) electrons. The van der Waals surface area contributed by atoms with Crippen LogP contribution in [0.4, 0.5) is 4.79 Å². The van der Waals surface area contributed by atoms with Crippen molar-refractivity contribution in [2.75, 3.05) is 6.54 Å². The third-order valence-electron chi connectivity index (χ3n) is 3.71. The van der Waals surface area contributed by atoms with Crippen molar-refractivity contribution in [3.8, 4) is 0 Å². The second-order valence-corrected chi connectivity index (χ2v) is 8.02. The monoisotopic (exact) mass is 325 g/mol. The SMILES string of the molecule is CC(C)(O)C(C)(C)O.[B]C1=CC(C)N(C(=O)OC(C)(C)C)CC1. The summed E-state index contributed by atoms with van der Waals surface area (Å²) in [5.41, 5.74) is -1.61. The van der Waals surface area contributed by atoms with Gasteiger partial charge in [-0.25, -0.2) is 4.79 Å². The van der Waals surface area contributed by atoms with Gasteiger partial charge >= 0.3 is 6.09 Å². The molecule has 0 spiro atoms. The molecule has 1 aliphatic heterocycles. The Bertz CT molecular complexity index is 415. The maximum Gasteiger partial charge on any atom is 0.410 e. The summed E-state index contributed by atoms with van der Waals surface area (Å²) in [7, 11) is 5.70. The van der Waals surface area contributed by atoms with Gasteiger partial charge in [0.1, 0.15) is 13.4 Å². The molecule has 0 aliphatic carbocycles. The first-order valence-electron chi connectivity index (χ1n) is 7.95. The molecule has 132 valence electrons. The highest BCUT2D eigenvalue weighted by atomic mass is 16.6. The molecule has 0 saturated carbocycles. The van der Waals surface area contributed by atoms with Crippen molar-refractivity contribution >= 4 is 13.9 Å². The number of aliphatic hydroxyl groups is 2. The van der Waals surface area contributed by atoms with E-state index in [2.05, 4.69) is 0 Å². The lowest BCUT2D eigenvalue weighted by Crippen LogP contribution is -2.44. The zero-order valence-corrected chi connectivity index (χ0v) is 15.8. The van der Waals surface area contributed by atoms with Crippen LogP contribution in [-0.2, 0) is 4.74 Å². The molecule has 0 aromatic carbocycles. The van der Waals surface area contributed by atoms with Crippen LogP contribution < -0.4 is 0 Å². The molecule has 0 saturated heterocycles. The third-order valence-corrected chi connectivity index (χ3v) is 3.71. The first-order chi connectivity index (χ1) is 10.0. The van der Waals surface area contributed by atoms with E-state index in [1.807, 2.05) is 33.8 Å². The molecule has 0 aromatic heterocycles. The van der Waals surface area contributed by atoms with E-state index in [9.17, 15) is 4.79 Å². The predicted molar refractivity (Wildman–Crippen MR) is 93.5 cm³/mol. The Hall–Kier alpha value is -1.01. The Morgan fingerprint density at radius 3 is 1.91 bits per heavy atom. The van der Waals surface area contributed by atoms with Gasteiger partial charge in [0.25, 0.3) is 0 Å². The first-order valence-corrected chi connectivity index (χ1v) is 7.95. The Balaban J connectivity index is 0.000000515. The van der Waals surface area contributed by atoms with E-state index >= 15 is 0 Å². The fraction of sp³-hybridized carbons (Fsp3) is 0.824. The molecular weight excluding hydrogens is 293 g/mol. The van der Waals surface area contributed by atoms with Gasteiger partial charge in [-0.05, 0) is 61.8 Å². The van der Waals surface area contributed by atoms with Crippen LogP contribution in [0.15, 0.2) is 11.5 Å². The van der Waals surface area contributed by atoms with Gasteiger partial charge in [-0.2, -0.15) is 0 Å². The molecule has 6 heteroatoms. The standard InChI is InChI=1S/C11H18BNO2.C6H14O2/c1-8-7-9(12)5-6-13(8)10(14)15-11(2,3)4;1-5(2,7)6(3,4)8/h7-8H,5-6H2,1-4H3;7-8H,1-4H3. The third kappa shape index (κ3) is 8.42. The van der Waals surface area contributed by atoms with Crippen molar-refractivity contribution in [2.24, 2.45) is 0 Å². The van der Waals surface area contributed by atoms with E-state index in [0.717, 1.165) is 11.9 Å². The number of rotatable bonds is 1. The summed E-state index contributed by atoms with van der Waals surface area (Å²) in [6, 6.07) is 0.0219. The zero-order chi connectivity index (χ0) is 18.6. The summed E-state index contributed by atoms with van der Waals surface area (Å²) in [5, 5.41) is 18.2. The molecule has 1 atom stereocenters. The predicted octanol–water partition coefficient (Wildman–Crippen LogP) is 2.60. The van der Waals surface area contributed by atoms with E-state index < -0.39 is 16.8 Å². The summed E-state index contributed by atoms with van der Waals surface area (Å²) >= 11 is 0. The summed E-state index contributed by atoms with van der Waals surface area (Å²) in [6.07, 6.45) is 2.36. The lowest BCUT2D eigenvalue weighted by molar-refractivity contribution is -0.107. The molecule has 2 N–H and O–H groups in total. The fourth-order valence-electron chi connectivity index (χ4n) is 1.51. The molecular formula is C17H32BNO4. The molecule has 0 fully saturated rings. The van der Waals surface area contributed by atoms with E-state index in [0.29, 0.717) is 6.54 Å². The minimum atomic E-state index is -1.01. The highest BCUT2D eigenvalue weighted by molar-refractivity contribution is 6.21. The van der Waals surface area contributed by atoms with Gasteiger partial charge in [0.15, 0.2) is 0 Å². The highest BCUT2D eigenvalue weighted by Gasteiger charge is 2.32. The van der Waals surface area contributed by atoms with Crippen LogP contribution in [0.3, 0.4) is 0 Å². The Labute approximate surface area is 142 Å². The van der Waals surface area contributed by atoms with Crippen molar-refractivity contribution in [1.82, 2.24) is 4.90 Å². The van der Waals surface area contributed by atoms with Gasteiger partial charge in [0.05, 0.1) is 11.2 Å². The smallest absolute Gasteiger partial charge is 0.410 e. The van der Waals surface area contributed by atoms with Crippen LogP contribution in [0, 0.1) is 0 Å². The van der Waals surface area contributed by atoms with Gasteiger partial charge in [0, 0.05) is 12.6 Å². The molecule has 1 amide bonds. The Morgan fingerprint density at radius 1 is 1.17 bits per heavy atom. The maximum absolute atomic E-state index is 11.8. The van der Waals surface area contributed by atoms with E-state index in [1.165, 1.54) is 0 Å². The minimum Gasteiger partial charge on any atom is -0.444 e. The molecule has 1 rings (SSSR count). The van der Waals surface area contributed by atoms with Gasteiger partial charge < -0.3 is 19.8 Å². The minimum absolute atomic E-state index is 0.0219. The molecule has 0 bridgehead atoms. The average molecular weight is 325 g/mol. The zero-order valence-electron chi connectivity index (χ0n) is 15.8. The van der Waals surface area contributed by atoms with E-state index in [-0.39, 0.29) is 12.1 Å². The van der Waals surface area contributed by atoms with Crippen molar-refractivity contribution < 1.29 is 19.7 Å². The number of amides is 1. The fourth-order valence-corrected chi connectivity index (χ4v) is 1.51. The molecule has 0 aromatic rings. The number of hydrogen-bond acceptors (Lipinski definition) is 4.